The van der Waals surface area contributed by atoms with Crippen LogP contribution in [0.2, 0.25) is 0 Å². The molecule has 0 aliphatic carbocycles. The van der Waals surface area contributed by atoms with Gasteiger partial charge in [0, 0.05) is 39.2 Å². The van der Waals surface area contributed by atoms with Crippen LogP contribution in [0.4, 0.5) is 0 Å². The van der Waals surface area contributed by atoms with E-state index in [4.69, 9.17) is 9.47 Å². The fourth-order valence-corrected chi connectivity index (χ4v) is 4.25. The molecule has 8 heteroatoms. The van der Waals surface area contributed by atoms with Gasteiger partial charge >= 0.3 is 0 Å². The minimum atomic E-state index is -0.0387. The number of aromatic nitrogens is 3. The van der Waals surface area contributed by atoms with Gasteiger partial charge in [-0.3, -0.25) is 9.69 Å². The Morgan fingerprint density at radius 2 is 2.10 bits per heavy atom. The molecule has 2 aliphatic heterocycles. The Balaban J connectivity index is 1.37. The highest BCUT2D eigenvalue weighted by atomic mass is 16.5. The van der Waals surface area contributed by atoms with E-state index in [-0.39, 0.29) is 11.8 Å². The molecular formula is C22H31N5O3. The predicted molar refractivity (Wildman–Crippen MR) is 112 cm³/mol. The average molecular weight is 414 g/mol. The lowest BCUT2D eigenvalue weighted by atomic mass is 10.0. The maximum absolute atomic E-state index is 12.3. The molecule has 1 saturated heterocycles. The van der Waals surface area contributed by atoms with Crippen molar-refractivity contribution in [2.45, 2.75) is 46.3 Å². The maximum atomic E-state index is 12.3. The zero-order chi connectivity index (χ0) is 21.1. The van der Waals surface area contributed by atoms with Crippen LogP contribution in [0.1, 0.15) is 34.8 Å². The van der Waals surface area contributed by atoms with E-state index < -0.39 is 0 Å². The van der Waals surface area contributed by atoms with Crippen molar-refractivity contribution in [3.8, 4) is 5.75 Å². The van der Waals surface area contributed by atoms with Crippen molar-refractivity contribution in [1.29, 1.82) is 0 Å². The Morgan fingerprint density at radius 1 is 1.23 bits per heavy atom. The quantitative estimate of drug-likeness (QED) is 0.775. The fourth-order valence-electron chi connectivity index (χ4n) is 4.25. The summed E-state index contributed by atoms with van der Waals surface area (Å²) >= 11 is 0. The Hall–Kier alpha value is -2.45. The van der Waals surface area contributed by atoms with E-state index in [9.17, 15) is 4.79 Å². The number of benzene rings is 1. The maximum Gasteiger partial charge on any atom is 0.225 e. The standard InChI is InChI=1S/C22H31N5O3/c1-15-11-19(29-3)16(2)10-18(15)13-26-6-4-20-24-25-21(27(20)8-7-26)12-23-22(28)17-5-9-30-14-17/h10-11,17H,4-9,12-14H2,1-3H3,(H,23,28). The number of ether oxygens (including phenoxy) is 2. The van der Waals surface area contributed by atoms with Crippen LogP contribution >= 0.6 is 0 Å². The smallest absolute Gasteiger partial charge is 0.225 e. The number of hydrogen-bond donors (Lipinski definition) is 1. The first-order chi connectivity index (χ1) is 14.5. The molecule has 3 heterocycles. The highest BCUT2D eigenvalue weighted by molar-refractivity contribution is 5.78. The van der Waals surface area contributed by atoms with Gasteiger partial charge in [-0.2, -0.15) is 0 Å². The summed E-state index contributed by atoms with van der Waals surface area (Å²) in [6.45, 7) is 9.42. The first-order valence-corrected chi connectivity index (χ1v) is 10.7. The number of carbonyl (C=O) groups excluding carboxylic acids is 1. The van der Waals surface area contributed by atoms with E-state index in [2.05, 4.69) is 51.0 Å². The summed E-state index contributed by atoms with van der Waals surface area (Å²) < 4.78 is 12.9. The van der Waals surface area contributed by atoms with Gasteiger partial charge in [0.05, 0.1) is 26.2 Å². The predicted octanol–water partition coefficient (Wildman–Crippen LogP) is 1.61. The first kappa shape index (κ1) is 20.8. The molecule has 0 saturated carbocycles. The van der Waals surface area contributed by atoms with E-state index in [1.165, 1.54) is 11.1 Å². The normalized spacial score (nSPS) is 19.4. The number of amides is 1. The minimum absolute atomic E-state index is 0.0387. The second-order valence-electron chi connectivity index (χ2n) is 8.24. The van der Waals surface area contributed by atoms with E-state index in [0.29, 0.717) is 19.8 Å². The van der Waals surface area contributed by atoms with E-state index >= 15 is 0 Å². The zero-order valence-electron chi connectivity index (χ0n) is 18.1. The van der Waals surface area contributed by atoms with Gasteiger partial charge < -0.3 is 19.4 Å². The molecule has 1 amide bonds. The Kier molecular flexibility index (Phi) is 6.34. The van der Waals surface area contributed by atoms with Crippen molar-refractivity contribution < 1.29 is 14.3 Å². The molecule has 0 radical (unpaired) electrons. The second-order valence-corrected chi connectivity index (χ2v) is 8.24. The lowest BCUT2D eigenvalue weighted by Crippen LogP contribution is -2.32. The van der Waals surface area contributed by atoms with Crippen molar-refractivity contribution in [2.24, 2.45) is 5.92 Å². The van der Waals surface area contributed by atoms with Crippen molar-refractivity contribution in [1.82, 2.24) is 25.0 Å². The molecule has 1 aromatic carbocycles. The summed E-state index contributed by atoms with van der Waals surface area (Å²) in [5.41, 5.74) is 3.74. The van der Waals surface area contributed by atoms with Gasteiger partial charge in [0.25, 0.3) is 0 Å². The molecule has 1 fully saturated rings. The number of hydrogen-bond acceptors (Lipinski definition) is 6. The number of rotatable bonds is 6. The molecule has 0 bridgehead atoms. The average Bonchev–Trinajstić information content (AvgIpc) is 3.37. The van der Waals surface area contributed by atoms with Gasteiger partial charge in [0.2, 0.25) is 5.91 Å². The molecule has 30 heavy (non-hydrogen) atoms. The summed E-state index contributed by atoms with van der Waals surface area (Å²) in [7, 11) is 1.72. The van der Waals surface area contributed by atoms with Crippen LogP contribution in [0.3, 0.4) is 0 Å². The van der Waals surface area contributed by atoms with Crippen LogP contribution in [0.5, 0.6) is 5.75 Å². The number of carbonyl (C=O) groups is 1. The van der Waals surface area contributed by atoms with Crippen molar-refractivity contribution in [2.75, 3.05) is 33.4 Å². The third-order valence-electron chi connectivity index (χ3n) is 6.16. The molecule has 2 aliphatic rings. The molecular weight excluding hydrogens is 382 g/mol. The van der Waals surface area contributed by atoms with Crippen molar-refractivity contribution in [3.63, 3.8) is 0 Å². The zero-order valence-corrected chi connectivity index (χ0v) is 18.1. The third kappa shape index (κ3) is 4.49. The van der Waals surface area contributed by atoms with Crippen LogP contribution in [0, 0.1) is 19.8 Å². The Labute approximate surface area is 177 Å². The second kappa shape index (κ2) is 9.14. The van der Waals surface area contributed by atoms with Gasteiger partial charge in [-0.15, -0.1) is 10.2 Å². The Bertz CT molecular complexity index is 904. The summed E-state index contributed by atoms with van der Waals surface area (Å²) in [5, 5.41) is 11.7. The van der Waals surface area contributed by atoms with Gasteiger partial charge in [-0.05, 0) is 43.0 Å². The Morgan fingerprint density at radius 3 is 2.87 bits per heavy atom. The molecule has 1 unspecified atom stereocenters. The SMILES string of the molecule is COc1cc(C)c(CN2CCc3nnc(CNC(=O)C4CCOC4)n3CC2)cc1C. The molecule has 1 N–H and O–H groups in total. The highest BCUT2D eigenvalue weighted by Gasteiger charge is 2.24. The molecule has 1 atom stereocenters. The lowest BCUT2D eigenvalue weighted by molar-refractivity contribution is -0.125. The molecule has 2 aromatic rings. The van der Waals surface area contributed by atoms with E-state index in [0.717, 1.165) is 62.0 Å². The van der Waals surface area contributed by atoms with Gasteiger partial charge in [-0.1, -0.05) is 6.07 Å². The molecule has 8 nitrogen and oxygen atoms in total. The molecule has 162 valence electrons. The topological polar surface area (TPSA) is 81.5 Å². The minimum Gasteiger partial charge on any atom is -0.496 e. The highest BCUT2D eigenvalue weighted by Crippen LogP contribution is 2.24. The van der Waals surface area contributed by atoms with Crippen molar-refractivity contribution >= 4 is 5.91 Å². The van der Waals surface area contributed by atoms with Gasteiger partial charge in [0.15, 0.2) is 5.82 Å². The van der Waals surface area contributed by atoms with Crippen molar-refractivity contribution in [3.05, 3.63) is 40.5 Å². The fraction of sp³-hybridized carbons (Fsp3) is 0.591. The van der Waals surface area contributed by atoms with Crippen LogP contribution in [0.15, 0.2) is 12.1 Å². The summed E-state index contributed by atoms with van der Waals surface area (Å²) in [4.78, 5) is 14.7. The van der Waals surface area contributed by atoms with Gasteiger partial charge in [0.1, 0.15) is 11.6 Å². The molecule has 0 spiro atoms. The number of nitrogens with zero attached hydrogens (tertiary/aromatic N) is 4. The number of fused-ring (bicyclic) bond motifs is 1. The molecule has 1 aromatic heterocycles. The van der Waals surface area contributed by atoms with Crippen LogP contribution < -0.4 is 10.1 Å². The summed E-state index contributed by atoms with van der Waals surface area (Å²) in [5.74, 6) is 2.77. The first-order valence-electron chi connectivity index (χ1n) is 10.7. The van der Waals surface area contributed by atoms with Crippen LogP contribution in [0.25, 0.3) is 0 Å². The molecule has 4 rings (SSSR count). The van der Waals surface area contributed by atoms with Crippen LogP contribution in [-0.4, -0.2) is 59.0 Å². The van der Waals surface area contributed by atoms with Crippen LogP contribution in [-0.2, 0) is 35.6 Å². The number of methoxy groups -OCH3 is 1. The number of aryl methyl sites for hydroxylation is 2. The summed E-state index contributed by atoms with van der Waals surface area (Å²) in [6.07, 6.45) is 1.65. The van der Waals surface area contributed by atoms with E-state index in [1.807, 2.05) is 0 Å². The monoisotopic (exact) mass is 413 g/mol. The number of nitrogens with one attached hydrogen (secondary N) is 1. The third-order valence-corrected chi connectivity index (χ3v) is 6.16. The largest absolute Gasteiger partial charge is 0.496 e. The van der Waals surface area contributed by atoms with Gasteiger partial charge in [-0.25, -0.2) is 0 Å². The summed E-state index contributed by atoms with van der Waals surface area (Å²) in [6, 6.07) is 4.35. The lowest BCUT2D eigenvalue weighted by Gasteiger charge is -2.21. The van der Waals surface area contributed by atoms with E-state index in [1.54, 1.807) is 7.11 Å².